The number of sulfone groups is 1. The summed E-state index contributed by atoms with van der Waals surface area (Å²) in [6.07, 6.45) is 2.83. The highest BCUT2D eigenvalue weighted by atomic mass is 32.2. The van der Waals surface area contributed by atoms with Gasteiger partial charge < -0.3 is 0 Å². The van der Waals surface area contributed by atoms with Crippen molar-refractivity contribution in [2.24, 2.45) is 0 Å². The lowest BCUT2D eigenvalue weighted by atomic mass is 10.1. The molecular formula is C16H13F2N3O2S. The van der Waals surface area contributed by atoms with E-state index in [1.54, 1.807) is 12.1 Å². The summed E-state index contributed by atoms with van der Waals surface area (Å²) in [6, 6.07) is 9.87. The monoisotopic (exact) mass is 349 g/mol. The minimum absolute atomic E-state index is 0.230. The largest absolute Gasteiger partial charge is 0.224 e. The fourth-order valence-electron chi connectivity index (χ4n) is 2.26. The molecule has 1 heterocycles. The Bertz CT molecular complexity index is 983. The van der Waals surface area contributed by atoms with Crippen LogP contribution in [0.2, 0.25) is 0 Å². The van der Waals surface area contributed by atoms with Crippen molar-refractivity contribution in [2.45, 2.75) is 11.3 Å². The molecule has 124 valence electrons. The molecule has 0 spiro atoms. The second-order valence-electron chi connectivity index (χ2n) is 5.28. The zero-order valence-electron chi connectivity index (χ0n) is 12.6. The lowest BCUT2D eigenvalue weighted by Gasteiger charge is -2.07. The van der Waals surface area contributed by atoms with Gasteiger partial charge in [-0.25, -0.2) is 26.9 Å². The summed E-state index contributed by atoms with van der Waals surface area (Å²) >= 11 is 0. The number of hydrogen-bond acceptors (Lipinski definition) is 4. The van der Waals surface area contributed by atoms with Crippen molar-refractivity contribution in [1.82, 2.24) is 14.8 Å². The maximum absolute atomic E-state index is 13.4. The van der Waals surface area contributed by atoms with E-state index in [0.29, 0.717) is 17.9 Å². The first-order chi connectivity index (χ1) is 11.3. The molecular weight excluding hydrogens is 336 g/mol. The van der Waals surface area contributed by atoms with E-state index in [1.807, 2.05) is 0 Å². The minimum Gasteiger partial charge on any atom is -0.224 e. The molecule has 24 heavy (non-hydrogen) atoms. The molecule has 8 heteroatoms. The van der Waals surface area contributed by atoms with Crippen LogP contribution in [0, 0.1) is 11.6 Å². The van der Waals surface area contributed by atoms with Gasteiger partial charge in [0.1, 0.15) is 12.2 Å². The van der Waals surface area contributed by atoms with Crippen LogP contribution in [-0.2, 0) is 16.3 Å². The van der Waals surface area contributed by atoms with Gasteiger partial charge in [-0.15, -0.1) is 0 Å². The third-order valence-corrected chi connectivity index (χ3v) is 4.61. The molecule has 0 unspecified atom stereocenters. The molecule has 0 atom stereocenters. The average Bonchev–Trinajstić information content (AvgIpc) is 2.98. The van der Waals surface area contributed by atoms with Crippen molar-refractivity contribution in [3.8, 4) is 5.69 Å². The molecule has 0 bridgehead atoms. The second-order valence-corrected chi connectivity index (χ2v) is 7.30. The van der Waals surface area contributed by atoms with Crippen LogP contribution in [0.4, 0.5) is 8.78 Å². The van der Waals surface area contributed by atoms with Crippen LogP contribution in [0.5, 0.6) is 0 Å². The van der Waals surface area contributed by atoms with Gasteiger partial charge in [0.25, 0.3) is 0 Å². The van der Waals surface area contributed by atoms with E-state index in [-0.39, 0.29) is 4.90 Å². The van der Waals surface area contributed by atoms with Gasteiger partial charge in [0.15, 0.2) is 21.5 Å². The van der Waals surface area contributed by atoms with Gasteiger partial charge in [-0.1, -0.05) is 12.1 Å². The molecule has 0 saturated heterocycles. The normalized spacial score (nSPS) is 11.6. The van der Waals surface area contributed by atoms with Crippen LogP contribution < -0.4 is 0 Å². The molecule has 2 aromatic carbocycles. The topological polar surface area (TPSA) is 64.8 Å². The van der Waals surface area contributed by atoms with Gasteiger partial charge in [-0.05, 0) is 29.8 Å². The van der Waals surface area contributed by atoms with E-state index in [2.05, 4.69) is 10.1 Å². The lowest BCUT2D eigenvalue weighted by molar-refractivity contribution is 0.507. The van der Waals surface area contributed by atoms with E-state index < -0.39 is 21.5 Å². The predicted octanol–water partition coefficient (Wildman–Crippen LogP) is 2.54. The fourth-order valence-corrected chi connectivity index (χ4v) is 2.89. The molecule has 0 fully saturated rings. The standard InChI is InChI=1S/C16H13F2N3O2S/c1-24(22,23)13-5-2-11(3-6-13)8-16-19-10-20-21(16)12-4-7-14(17)15(18)9-12/h2-7,9-10H,8H2,1H3. The van der Waals surface area contributed by atoms with Crippen LogP contribution in [0.25, 0.3) is 5.69 Å². The number of rotatable bonds is 4. The Balaban J connectivity index is 1.89. The molecule has 3 aromatic rings. The molecule has 3 rings (SSSR count). The average molecular weight is 349 g/mol. The highest BCUT2D eigenvalue weighted by molar-refractivity contribution is 7.90. The first-order valence-corrected chi connectivity index (χ1v) is 8.87. The first-order valence-electron chi connectivity index (χ1n) is 6.98. The fraction of sp³-hybridized carbons (Fsp3) is 0.125. The third-order valence-electron chi connectivity index (χ3n) is 3.48. The summed E-state index contributed by atoms with van der Waals surface area (Å²) in [4.78, 5) is 4.36. The Kier molecular flexibility index (Phi) is 4.15. The molecule has 1 aromatic heterocycles. The van der Waals surface area contributed by atoms with Crippen molar-refractivity contribution >= 4 is 9.84 Å². The Hall–Kier alpha value is -2.61. The van der Waals surface area contributed by atoms with Crippen LogP contribution in [-0.4, -0.2) is 29.4 Å². The zero-order valence-corrected chi connectivity index (χ0v) is 13.5. The zero-order chi connectivity index (χ0) is 17.3. The summed E-state index contributed by atoms with van der Waals surface area (Å²) in [5.74, 6) is -1.38. The Morgan fingerprint density at radius 2 is 1.75 bits per heavy atom. The maximum Gasteiger partial charge on any atom is 0.175 e. The van der Waals surface area contributed by atoms with E-state index in [1.165, 1.54) is 29.2 Å². The number of nitrogens with zero attached hydrogens (tertiary/aromatic N) is 3. The van der Waals surface area contributed by atoms with Crippen molar-refractivity contribution < 1.29 is 17.2 Å². The molecule has 0 aliphatic heterocycles. The van der Waals surface area contributed by atoms with Gasteiger partial charge in [-0.2, -0.15) is 5.10 Å². The van der Waals surface area contributed by atoms with Crippen molar-refractivity contribution in [2.75, 3.05) is 6.26 Å². The van der Waals surface area contributed by atoms with Crippen LogP contribution >= 0.6 is 0 Å². The van der Waals surface area contributed by atoms with Crippen LogP contribution in [0.15, 0.2) is 53.7 Å². The van der Waals surface area contributed by atoms with Gasteiger partial charge in [-0.3, -0.25) is 0 Å². The molecule has 0 aliphatic carbocycles. The van der Waals surface area contributed by atoms with Gasteiger partial charge in [0, 0.05) is 18.7 Å². The molecule has 0 radical (unpaired) electrons. The van der Waals surface area contributed by atoms with Gasteiger partial charge in [0.2, 0.25) is 0 Å². The second kappa shape index (κ2) is 6.12. The summed E-state index contributed by atoms with van der Waals surface area (Å²) in [5, 5.41) is 4.03. The minimum atomic E-state index is -3.25. The van der Waals surface area contributed by atoms with Gasteiger partial charge in [0.05, 0.1) is 10.6 Å². The van der Waals surface area contributed by atoms with E-state index in [9.17, 15) is 17.2 Å². The third kappa shape index (κ3) is 3.33. The molecule has 0 N–H and O–H groups in total. The van der Waals surface area contributed by atoms with Crippen molar-refractivity contribution in [3.05, 3.63) is 71.8 Å². The molecule has 0 saturated carbocycles. The summed E-state index contributed by atoms with van der Waals surface area (Å²) in [5.41, 5.74) is 1.17. The number of hydrogen-bond donors (Lipinski definition) is 0. The predicted molar refractivity (Wildman–Crippen MR) is 83.6 cm³/mol. The SMILES string of the molecule is CS(=O)(=O)c1ccc(Cc2ncnn2-c2ccc(F)c(F)c2)cc1. The van der Waals surface area contributed by atoms with Crippen molar-refractivity contribution in [1.29, 1.82) is 0 Å². The van der Waals surface area contributed by atoms with E-state index in [4.69, 9.17) is 0 Å². The Morgan fingerprint density at radius 3 is 2.38 bits per heavy atom. The molecule has 0 amide bonds. The van der Waals surface area contributed by atoms with Gasteiger partial charge >= 0.3 is 0 Å². The highest BCUT2D eigenvalue weighted by Crippen LogP contribution is 2.17. The summed E-state index contributed by atoms with van der Waals surface area (Å²) in [6.45, 7) is 0. The maximum atomic E-state index is 13.4. The Morgan fingerprint density at radius 1 is 1.04 bits per heavy atom. The number of halogens is 2. The quantitative estimate of drug-likeness (QED) is 0.726. The lowest BCUT2D eigenvalue weighted by Crippen LogP contribution is -2.05. The number of aromatic nitrogens is 3. The molecule has 0 aliphatic rings. The number of benzene rings is 2. The molecule has 5 nitrogen and oxygen atoms in total. The van der Waals surface area contributed by atoms with Crippen LogP contribution in [0.1, 0.15) is 11.4 Å². The highest BCUT2D eigenvalue weighted by Gasteiger charge is 2.11. The summed E-state index contributed by atoms with van der Waals surface area (Å²) in [7, 11) is -3.25. The van der Waals surface area contributed by atoms with E-state index in [0.717, 1.165) is 24.0 Å². The smallest absolute Gasteiger partial charge is 0.175 e. The van der Waals surface area contributed by atoms with Crippen molar-refractivity contribution in [3.63, 3.8) is 0 Å². The first kappa shape index (κ1) is 16.3. The Labute approximate surface area is 137 Å². The summed E-state index contributed by atoms with van der Waals surface area (Å²) < 4.78 is 50.8. The van der Waals surface area contributed by atoms with E-state index >= 15 is 0 Å². The van der Waals surface area contributed by atoms with Crippen LogP contribution in [0.3, 0.4) is 0 Å².